The van der Waals surface area contributed by atoms with E-state index in [2.05, 4.69) is 35.2 Å². The first-order valence-electron chi connectivity index (χ1n) is 7.51. The lowest BCUT2D eigenvalue weighted by atomic mass is 9.98. The highest BCUT2D eigenvalue weighted by Crippen LogP contribution is 2.27. The van der Waals surface area contributed by atoms with Crippen LogP contribution in [0.2, 0.25) is 0 Å². The van der Waals surface area contributed by atoms with E-state index in [9.17, 15) is 0 Å². The second-order valence-corrected chi connectivity index (χ2v) is 5.48. The summed E-state index contributed by atoms with van der Waals surface area (Å²) in [7, 11) is 0. The van der Waals surface area contributed by atoms with Gasteiger partial charge < -0.3 is 15.2 Å². The lowest BCUT2D eigenvalue weighted by Crippen LogP contribution is -2.33. The summed E-state index contributed by atoms with van der Waals surface area (Å²) in [6.07, 6.45) is 5.98. The van der Waals surface area contributed by atoms with Gasteiger partial charge in [0, 0.05) is 31.5 Å². The van der Waals surface area contributed by atoms with Crippen molar-refractivity contribution in [3.05, 3.63) is 53.9 Å². The fraction of sp³-hybridized carbons (Fsp3) is 0.353. The second kappa shape index (κ2) is 5.64. The Morgan fingerprint density at radius 3 is 3.05 bits per heavy atom. The third-order valence-electron chi connectivity index (χ3n) is 4.08. The Balaban J connectivity index is 1.92. The summed E-state index contributed by atoms with van der Waals surface area (Å²) in [6.45, 7) is 8.60. The Hall–Kier alpha value is -2.23. The van der Waals surface area contributed by atoms with Gasteiger partial charge >= 0.3 is 0 Å². The number of benzene rings is 1. The zero-order valence-electron chi connectivity index (χ0n) is 12.5. The second-order valence-electron chi connectivity index (χ2n) is 5.48. The van der Waals surface area contributed by atoms with Crippen LogP contribution < -0.4 is 10.6 Å². The summed E-state index contributed by atoms with van der Waals surface area (Å²) < 4.78 is 2.18. The molecule has 1 aromatic carbocycles. The van der Waals surface area contributed by atoms with Crippen LogP contribution in [-0.2, 0) is 25.9 Å². The Kier molecular flexibility index (Phi) is 3.69. The van der Waals surface area contributed by atoms with Crippen molar-refractivity contribution in [2.75, 3.05) is 17.2 Å². The summed E-state index contributed by atoms with van der Waals surface area (Å²) in [6, 6.07) is 6.19. The van der Waals surface area contributed by atoms with Crippen molar-refractivity contribution in [2.45, 2.75) is 32.9 Å². The number of hydrogen-bond donors (Lipinski definition) is 1. The van der Waals surface area contributed by atoms with Crippen molar-refractivity contribution in [1.29, 1.82) is 0 Å². The molecule has 0 radical (unpaired) electrons. The molecule has 3 rings (SSSR count). The fourth-order valence-electron chi connectivity index (χ4n) is 2.96. The van der Waals surface area contributed by atoms with E-state index in [1.807, 2.05) is 18.2 Å². The third-order valence-corrected chi connectivity index (χ3v) is 4.08. The van der Waals surface area contributed by atoms with Crippen molar-refractivity contribution < 1.29 is 0 Å². The molecule has 1 aromatic heterocycles. The SMILES string of the molecule is C=CCn1cc(CC)nc1N1CCc2c(N)cccc2C1. The molecular formula is C17H22N4. The predicted octanol–water partition coefficient (Wildman–Crippen LogP) is 2.78. The topological polar surface area (TPSA) is 47.1 Å². The number of anilines is 2. The monoisotopic (exact) mass is 282 g/mol. The van der Waals surface area contributed by atoms with E-state index < -0.39 is 0 Å². The van der Waals surface area contributed by atoms with Crippen LogP contribution in [-0.4, -0.2) is 16.1 Å². The van der Waals surface area contributed by atoms with E-state index in [1.165, 1.54) is 11.1 Å². The lowest BCUT2D eigenvalue weighted by molar-refractivity contribution is 0.676. The molecule has 2 heterocycles. The number of imidazole rings is 1. The van der Waals surface area contributed by atoms with Gasteiger partial charge in [0.1, 0.15) is 0 Å². The van der Waals surface area contributed by atoms with Crippen LogP contribution in [0.3, 0.4) is 0 Å². The van der Waals surface area contributed by atoms with E-state index >= 15 is 0 Å². The van der Waals surface area contributed by atoms with Crippen molar-refractivity contribution in [3.8, 4) is 0 Å². The van der Waals surface area contributed by atoms with Crippen LogP contribution in [0.5, 0.6) is 0 Å². The molecule has 0 atom stereocenters. The first-order chi connectivity index (χ1) is 10.2. The summed E-state index contributed by atoms with van der Waals surface area (Å²) in [5, 5.41) is 0. The number of nitrogens with zero attached hydrogens (tertiary/aromatic N) is 3. The number of allylic oxidation sites excluding steroid dienone is 1. The van der Waals surface area contributed by atoms with Crippen molar-refractivity contribution >= 4 is 11.6 Å². The first kappa shape index (κ1) is 13.7. The Morgan fingerprint density at radius 2 is 2.29 bits per heavy atom. The zero-order valence-corrected chi connectivity index (χ0v) is 12.5. The van der Waals surface area contributed by atoms with Crippen LogP contribution in [0.4, 0.5) is 11.6 Å². The summed E-state index contributed by atoms with van der Waals surface area (Å²) >= 11 is 0. The van der Waals surface area contributed by atoms with Crippen molar-refractivity contribution in [2.24, 2.45) is 0 Å². The maximum absolute atomic E-state index is 6.08. The molecule has 110 valence electrons. The number of aromatic nitrogens is 2. The normalized spacial score (nSPS) is 14.0. The van der Waals surface area contributed by atoms with Crippen LogP contribution in [0, 0.1) is 0 Å². The Morgan fingerprint density at radius 1 is 1.43 bits per heavy atom. The molecule has 0 spiro atoms. The molecule has 4 heteroatoms. The highest BCUT2D eigenvalue weighted by atomic mass is 15.3. The van der Waals surface area contributed by atoms with E-state index in [0.29, 0.717) is 0 Å². The molecule has 1 aliphatic rings. The molecule has 2 N–H and O–H groups in total. The molecule has 0 bridgehead atoms. The standard InChI is InChI=1S/C17H22N4/c1-3-9-20-12-14(4-2)19-17(20)21-10-8-15-13(11-21)6-5-7-16(15)18/h3,5-7,12H,1,4,8-11,18H2,2H3. The van der Waals surface area contributed by atoms with Gasteiger partial charge in [-0.05, 0) is 30.0 Å². The number of fused-ring (bicyclic) bond motifs is 1. The van der Waals surface area contributed by atoms with E-state index in [4.69, 9.17) is 10.7 Å². The molecule has 4 nitrogen and oxygen atoms in total. The number of hydrogen-bond acceptors (Lipinski definition) is 3. The maximum atomic E-state index is 6.08. The first-order valence-corrected chi connectivity index (χ1v) is 7.51. The zero-order chi connectivity index (χ0) is 14.8. The quantitative estimate of drug-likeness (QED) is 0.693. The number of nitrogen functional groups attached to an aromatic ring is 1. The largest absolute Gasteiger partial charge is 0.398 e. The van der Waals surface area contributed by atoms with Gasteiger partial charge in [0.2, 0.25) is 5.95 Å². The summed E-state index contributed by atoms with van der Waals surface area (Å²) in [5.74, 6) is 1.04. The minimum Gasteiger partial charge on any atom is -0.398 e. The lowest BCUT2D eigenvalue weighted by Gasteiger charge is -2.30. The average molecular weight is 282 g/mol. The predicted molar refractivity (Wildman–Crippen MR) is 87.4 cm³/mol. The molecule has 2 aromatic rings. The third kappa shape index (κ3) is 2.53. The van der Waals surface area contributed by atoms with E-state index in [1.54, 1.807) is 0 Å². The molecule has 0 amide bonds. The Labute approximate surface area is 125 Å². The average Bonchev–Trinajstić information content (AvgIpc) is 2.91. The molecule has 21 heavy (non-hydrogen) atoms. The number of nitrogens with two attached hydrogens (primary N) is 1. The van der Waals surface area contributed by atoms with Crippen molar-refractivity contribution in [1.82, 2.24) is 9.55 Å². The van der Waals surface area contributed by atoms with Gasteiger partial charge in [-0.15, -0.1) is 6.58 Å². The Bertz CT molecular complexity index is 657. The highest BCUT2D eigenvalue weighted by Gasteiger charge is 2.21. The molecule has 1 aliphatic heterocycles. The van der Waals surface area contributed by atoms with Gasteiger partial charge in [-0.1, -0.05) is 25.1 Å². The van der Waals surface area contributed by atoms with Gasteiger partial charge in [0.05, 0.1) is 5.69 Å². The summed E-state index contributed by atoms with van der Waals surface area (Å²) in [5.41, 5.74) is 10.7. The molecule has 0 saturated carbocycles. The number of rotatable bonds is 4. The van der Waals surface area contributed by atoms with Crippen molar-refractivity contribution in [3.63, 3.8) is 0 Å². The van der Waals surface area contributed by atoms with Gasteiger partial charge in [0.15, 0.2) is 0 Å². The van der Waals surface area contributed by atoms with Crippen LogP contribution in [0.1, 0.15) is 23.7 Å². The van der Waals surface area contributed by atoms with E-state index in [0.717, 1.165) is 49.8 Å². The fourth-order valence-corrected chi connectivity index (χ4v) is 2.96. The molecule has 0 unspecified atom stereocenters. The molecular weight excluding hydrogens is 260 g/mol. The minimum absolute atomic E-state index is 0.794. The van der Waals surface area contributed by atoms with Gasteiger partial charge in [0.25, 0.3) is 0 Å². The number of aryl methyl sites for hydroxylation is 1. The highest BCUT2D eigenvalue weighted by molar-refractivity contribution is 5.54. The van der Waals surface area contributed by atoms with Crippen LogP contribution in [0.25, 0.3) is 0 Å². The smallest absolute Gasteiger partial charge is 0.206 e. The molecule has 0 saturated heterocycles. The van der Waals surface area contributed by atoms with Gasteiger partial charge in [-0.3, -0.25) is 0 Å². The van der Waals surface area contributed by atoms with Crippen LogP contribution >= 0.6 is 0 Å². The van der Waals surface area contributed by atoms with Gasteiger partial charge in [-0.2, -0.15) is 0 Å². The van der Waals surface area contributed by atoms with E-state index in [-0.39, 0.29) is 0 Å². The molecule has 0 fully saturated rings. The molecule has 0 aliphatic carbocycles. The maximum Gasteiger partial charge on any atom is 0.206 e. The minimum atomic E-state index is 0.794. The summed E-state index contributed by atoms with van der Waals surface area (Å²) in [4.78, 5) is 7.11. The van der Waals surface area contributed by atoms with Gasteiger partial charge in [-0.25, -0.2) is 4.98 Å². The van der Waals surface area contributed by atoms with Crippen LogP contribution in [0.15, 0.2) is 37.1 Å².